The number of phenolic OH excluding ortho intramolecular Hbond substituents is 1. The number of fused-ring (bicyclic) bond motifs is 3. The monoisotopic (exact) mass is 533 g/mol. The van der Waals surface area contributed by atoms with E-state index < -0.39 is 0 Å². The van der Waals surface area contributed by atoms with E-state index in [1.165, 1.54) is 0 Å². The van der Waals surface area contributed by atoms with Gasteiger partial charge in [-0.05, 0) is 35.2 Å². The van der Waals surface area contributed by atoms with E-state index in [2.05, 4.69) is 103 Å². The first-order chi connectivity index (χ1) is 19.9. The molecule has 4 nitrogen and oxygen atoms in total. The topological polar surface area (TPSA) is 53.8 Å². The van der Waals surface area contributed by atoms with Crippen LogP contribution in [0.4, 0.5) is 0 Å². The van der Waals surface area contributed by atoms with Gasteiger partial charge in [0.1, 0.15) is 5.82 Å². The van der Waals surface area contributed by atoms with Gasteiger partial charge >= 0.3 is 0 Å². The normalized spacial score (nSPS) is 11.9. The van der Waals surface area contributed by atoms with Crippen LogP contribution in [0.25, 0.3) is 61.4 Å². The third kappa shape index (κ3) is 4.20. The summed E-state index contributed by atoms with van der Waals surface area (Å²) in [5.41, 5.74) is 8.30. The van der Waals surface area contributed by atoms with Crippen LogP contribution in [0.1, 0.15) is 26.3 Å². The lowest BCUT2D eigenvalue weighted by Gasteiger charge is -2.23. The summed E-state index contributed by atoms with van der Waals surface area (Å²) in [5.74, 6) is 0.825. The number of H-pyrrole nitrogens is 1. The van der Waals surface area contributed by atoms with E-state index in [-0.39, 0.29) is 11.2 Å². The van der Waals surface area contributed by atoms with Crippen LogP contribution in [0, 0.1) is 0 Å². The van der Waals surface area contributed by atoms with Gasteiger partial charge in [0.05, 0.1) is 33.7 Å². The molecule has 0 aliphatic carbocycles. The second-order valence-corrected chi connectivity index (χ2v) is 11.6. The number of aromatic nitrogens is 3. The van der Waals surface area contributed by atoms with Crippen molar-refractivity contribution in [3.05, 3.63) is 127 Å². The average molecular weight is 534 g/mol. The van der Waals surface area contributed by atoms with Crippen molar-refractivity contribution in [2.45, 2.75) is 26.2 Å². The molecule has 4 heteroatoms. The maximum atomic E-state index is 12.1. The molecular formula is C37H31N3O. The molecule has 2 N–H and O–H groups in total. The van der Waals surface area contributed by atoms with Crippen LogP contribution in [0.5, 0.6) is 5.75 Å². The molecule has 200 valence electrons. The number of nitrogens with zero attached hydrogens (tertiary/aromatic N) is 2. The van der Waals surface area contributed by atoms with E-state index in [4.69, 9.17) is 4.98 Å². The number of hydrogen-bond acceptors (Lipinski definition) is 2. The maximum Gasteiger partial charge on any atom is 0.150 e. The highest BCUT2D eigenvalue weighted by Gasteiger charge is 2.25. The smallest absolute Gasteiger partial charge is 0.150 e. The average Bonchev–Trinajstić information content (AvgIpc) is 3.58. The number of aromatic hydroxyl groups is 1. The molecule has 0 atom stereocenters. The number of nitrogens with one attached hydrogen (secondary N) is 1. The van der Waals surface area contributed by atoms with Crippen LogP contribution >= 0.6 is 0 Å². The van der Waals surface area contributed by atoms with Crippen LogP contribution in [0.2, 0.25) is 0 Å². The molecule has 0 saturated carbocycles. The van der Waals surface area contributed by atoms with Gasteiger partial charge in [0.2, 0.25) is 0 Å². The van der Waals surface area contributed by atoms with Gasteiger partial charge in [-0.25, -0.2) is 4.98 Å². The summed E-state index contributed by atoms with van der Waals surface area (Å²) in [5, 5.41) is 14.4. The molecule has 2 aromatic heterocycles. The van der Waals surface area contributed by atoms with E-state index in [0.29, 0.717) is 11.4 Å². The summed E-state index contributed by atoms with van der Waals surface area (Å²) in [6.45, 7) is 6.60. The van der Waals surface area contributed by atoms with Gasteiger partial charge in [0.15, 0.2) is 5.75 Å². The van der Waals surface area contributed by atoms with Crippen LogP contribution in [-0.4, -0.2) is 19.6 Å². The number of para-hydroxylation sites is 2. The van der Waals surface area contributed by atoms with Gasteiger partial charge in [-0.2, -0.15) is 0 Å². The summed E-state index contributed by atoms with van der Waals surface area (Å²) in [4.78, 5) is 8.73. The molecule has 0 aliphatic heterocycles. The first-order valence-corrected chi connectivity index (χ1v) is 14.0. The Hall–Kier alpha value is -5.09. The highest BCUT2D eigenvalue weighted by Crippen LogP contribution is 2.43. The number of phenols is 1. The quantitative estimate of drug-likeness (QED) is 0.237. The molecule has 41 heavy (non-hydrogen) atoms. The number of hydrogen-bond donors (Lipinski definition) is 2. The zero-order valence-electron chi connectivity index (χ0n) is 23.4. The van der Waals surface area contributed by atoms with Gasteiger partial charge in [-0.3, -0.25) is 0 Å². The summed E-state index contributed by atoms with van der Waals surface area (Å²) in [6, 6.07) is 41.4. The Bertz CT molecular complexity index is 1920. The van der Waals surface area contributed by atoms with Gasteiger partial charge in [-0.1, -0.05) is 118 Å². The van der Waals surface area contributed by atoms with Gasteiger partial charge in [-0.15, -0.1) is 0 Å². The second-order valence-electron chi connectivity index (χ2n) is 11.6. The molecule has 0 aliphatic rings. The predicted octanol–water partition coefficient (Wildman–Crippen LogP) is 9.51. The Balaban J connectivity index is 1.53. The molecule has 0 unspecified atom stereocenters. The summed E-state index contributed by atoms with van der Waals surface area (Å²) >= 11 is 0. The number of imidazole rings is 1. The summed E-state index contributed by atoms with van der Waals surface area (Å²) < 4.78 is 2.18. The second kappa shape index (κ2) is 9.53. The third-order valence-corrected chi connectivity index (χ3v) is 7.85. The standard InChI is InChI=1S/C37H31N3O/c1-37(2,3)26-22-29(36-38-33(24-14-6-4-7-15-24)34(39-36)25-16-8-5-9-17-25)35(41)32(23-26)40-30-20-12-10-18-27(30)28-19-11-13-21-31(28)40/h4-23,41H,1-3H3,(H,38,39). The Morgan fingerprint density at radius 3 is 1.78 bits per heavy atom. The van der Waals surface area contributed by atoms with E-state index in [1.807, 2.05) is 48.5 Å². The van der Waals surface area contributed by atoms with Crippen molar-refractivity contribution in [2.75, 3.05) is 0 Å². The molecule has 5 aromatic carbocycles. The molecule has 0 bridgehead atoms. The highest BCUT2D eigenvalue weighted by molar-refractivity contribution is 6.09. The molecule has 0 amide bonds. The zero-order valence-corrected chi connectivity index (χ0v) is 23.4. The molecule has 0 radical (unpaired) electrons. The molecule has 0 fully saturated rings. The van der Waals surface area contributed by atoms with Crippen molar-refractivity contribution < 1.29 is 5.11 Å². The SMILES string of the molecule is CC(C)(C)c1cc(-c2nc(-c3ccccc3)c(-c3ccccc3)[nH]2)c(O)c(-n2c3ccccc3c3ccccc32)c1. The van der Waals surface area contributed by atoms with Gasteiger partial charge in [0.25, 0.3) is 0 Å². The van der Waals surface area contributed by atoms with Crippen LogP contribution in [0.15, 0.2) is 121 Å². The van der Waals surface area contributed by atoms with E-state index >= 15 is 0 Å². The summed E-state index contributed by atoms with van der Waals surface area (Å²) in [6.07, 6.45) is 0. The molecule has 7 rings (SSSR count). The van der Waals surface area contributed by atoms with E-state index in [1.54, 1.807) is 0 Å². The maximum absolute atomic E-state index is 12.1. The lowest BCUT2D eigenvalue weighted by molar-refractivity contribution is 0.473. The van der Waals surface area contributed by atoms with Crippen LogP contribution < -0.4 is 0 Å². The van der Waals surface area contributed by atoms with E-state index in [9.17, 15) is 5.11 Å². The number of benzene rings is 5. The molecule has 2 heterocycles. The minimum Gasteiger partial charge on any atom is -0.505 e. The third-order valence-electron chi connectivity index (χ3n) is 7.85. The fourth-order valence-corrected chi connectivity index (χ4v) is 5.70. The zero-order chi connectivity index (χ0) is 28.1. The highest BCUT2D eigenvalue weighted by atomic mass is 16.3. The predicted molar refractivity (Wildman–Crippen MR) is 170 cm³/mol. The number of aromatic amines is 1. The van der Waals surface area contributed by atoms with Crippen molar-refractivity contribution >= 4 is 21.8 Å². The Morgan fingerprint density at radius 1 is 0.659 bits per heavy atom. The minimum absolute atomic E-state index is 0.160. The van der Waals surface area contributed by atoms with Crippen molar-refractivity contribution in [1.29, 1.82) is 0 Å². The molecular weight excluding hydrogens is 502 g/mol. The minimum atomic E-state index is -0.160. The fourth-order valence-electron chi connectivity index (χ4n) is 5.70. The largest absolute Gasteiger partial charge is 0.505 e. The van der Waals surface area contributed by atoms with E-state index in [0.717, 1.165) is 55.6 Å². The van der Waals surface area contributed by atoms with Gasteiger partial charge < -0.3 is 14.7 Å². The van der Waals surface area contributed by atoms with Crippen LogP contribution in [0.3, 0.4) is 0 Å². The first-order valence-electron chi connectivity index (χ1n) is 14.0. The molecule has 0 spiro atoms. The summed E-state index contributed by atoms with van der Waals surface area (Å²) in [7, 11) is 0. The lowest BCUT2D eigenvalue weighted by Crippen LogP contribution is -2.12. The van der Waals surface area contributed by atoms with Gasteiger partial charge in [0, 0.05) is 21.9 Å². The Morgan fingerprint density at radius 2 is 1.20 bits per heavy atom. The fraction of sp³-hybridized carbons (Fsp3) is 0.108. The van der Waals surface area contributed by atoms with Crippen molar-refractivity contribution in [2.24, 2.45) is 0 Å². The first kappa shape index (κ1) is 24.9. The number of rotatable bonds is 4. The molecule has 0 saturated heterocycles. The van der Waals surface area contributed by atoms with Crippen molar-refractivity contribution in [3.8, 4) is 45.3 Å². The molecule has 7 aromatic rings. The van der Waals surface area contributed by atoms with Crippen molar-refractivity contribution in [3.63, 3.8) is 0 Å². The Kier molecular flexibility index (Phi) is 5.79. The Labute approximate surface area is 239 Å². The van der Waals surface area contributed by atoms with Crippen molar-refractivity contribution in [1.82, 2.24) is 14.5 Å². The lowest BCUT2D eigenvalue weighted by atomic mass is 9.85. The van der Waals surface area contributed by atoms with Crippen LogP contribution in [-0.2, 0) is 5.41 Å².